The number of aryl methyl sites for hydroxylation is 1. The first kappa shape index (κ1) is 11.5. The molecular weight excluding hydrogens is 246 g/mol. The molecule has 0 aliphatic rings. The summed E-state index contributed by atoms with van der Waals surface area (Å²) < 4.78 is 4.98. The lowest BCUT2D eigenvalue weighted by Gasteiger charge is -1.98. The van der Waals surface area contributed by atoms with E-state index in [1.165, 1.54) is 6.07 Å². The van der Waals surface area contributed by atoms with E-state index in [4.69, 9.17) is 16.1 Å². The topological polar surface area (TPSA) is 82.1 Å². The average Bonchev–Trinajstić information content (AvgIpc) is 2.76. The molecule has 88 valence electrons. The van der Waals surface area contributed by atoms with Crippen LogP contribution in [0.3, 0.4) is 0 Å². The maximum Gasteiger partial charge on any atom is 0.272 e. The molecule has 0 aliphatic heterocycles. The SMILES string of the molecule is Cc1cc(-c2nc(CCl)no2)ccc1[N+](=O)[O-]. The Morgan fingerprint density at radius 1 is 1.53 bits per heavy atom. The minimum Gasteiger partial charge on any atom is -0.334 e. The fraction of sp³-hybridized carbons (Fsp3) is 0.200. The van der Waals surface area contributed by atoms with Crippen LogP contribution in [0.15, 0.2) is 22.7 Å². The summed E-state index contributed by atoms with van der Waals surface area (Å²) in [7, 11) is 0. The predicted molar refractivity (Wildman–Crippen MR) is 60.7 cm³/mol. The van der Waals surface area contributed by atoms with Gasteiger partial charge >= 0.3 is 0 Å². The summed E-state index contributed by atoms with van der Waals surface area (Å²) in [6, 6.07) is 4.61. The van der Waals surface area contributed by atoms with Gasteiger partial charge in [-0.1, -0.05) is 5.16 Å². The molecule has 0 aliphatic carbocycles. The standard InChI is InChI=1S/C10H8ClN3O3/c1-6-4-7(2-3-8(6)14(15)16)10-12-9(5-11)13-17-10/h2-4H,5H2,1H3. The highest BCUT2D eigenvalue weighted by molar-refractivity contribution is 6.16. The van der Waals surface area contributed by atoms with Crippen LogP contribution in [0, 0.1) is 17.0 Å². The van der Waals surface area contributed by atoms with Crippen LogP contribution >= 0.6 is 11.6 Å². The maximum atomic E-state index is 10.7. The van der Waals surface area contributed by atoms with Crippen LogP contribution in [0.4, 0.5) is 5.69 Å². The van der Waals surface area contributed by atoms with Gasteiger partial charge in [-0.05, 0) is 19.1 Å². The molecule has 0 N–H and O–H groups in total. The van der Waals surface area contributed by atoms with Gasteiger partial charge in [0.05, 0.1) is 10.8 Å². The van der Waals surface area contributed by atoms with Crippen LogP contribution in [0.5, 0.6) is 0 Å². The smallest absolute Gasteiger partial charge is 0.272 e. The van der Waals surface area contributed by atoms with E-state index in [0.29, 0.717) is 22.8 Å². The number of benzene rings is 1. The zero-order valence-corrected chi connectivity index (χ0v) is 9.64. The third-order valence-electron chi connectivity index (χ3n) is 2.23. The first-order chi connectivity index (χ1) is 8.11. The number of nitro benzene ring substituents is 1. The Labute approximate surface area is 101 Å². The number of halogens is 1. The van der Waals surface area contributed by atoms with E-state index >= 15 is 0 Å². The van der Waals surface area contributed by atoms with Gasteiger partial charge in [-0.2, -0.15) is 4.98 Å². The van der Waals surface area contributed by atoms with E-state index in [1.807, 2.05) is 0 Å². The van der Waals surface area contributed by atoms with Crippen molar-refractivity contribution in [2.45, 2.75) is 12.8 Å². The maximum absolute atomic E-state index is 10.7. The van der Waals surface area contributed by atoms with E-state index in [9.17, 15) is 10.1 Å². The van der Waals surface area contributed by atoms with Crippen molar-refractivity contribution in [3.05, 3.63) is 39.7 Å². The first-order valence-corrected chi connectivity index (χ1v) is 5.29. The van der Waals surface area contributed by atoms with E-state index in [-0.39, 0.29) is 11.6 Å². The molecule has 0 fully saturated rings. The Morgan fingerprint density at radius 2 is 2.29 bits per heavy atom. The minimum atomic E-state index is -0.433. The number of hydrogen-bond donors (Lipinski definition) is 0. The molecular formula is C10H8ClN3O3. The largest absolute Gasteiger partial charge is 0.334 e. The zero-order chi connectivity index (χ0) is 12.4. The molecule has 2 rings (SSSR count). The average molecular weight is 254 g/mol. The highest BCUT2D eigenvalue weighted by Crippen LogP contribution is 2.24. The number of aromatic nitrogens is 2. The molecule has 0 radical (unpaired) electrons. The monoisotopic (exact) mass is 253 g/mol. The molecule has 17 heavy (non-hydrogen) atoms. The van der Waals surface area contributed by atoms with Crippen LogP contribution in [0.25, 0.3) is 11.5 Å². The van der Waals surface area contributed by atoms with Crippen LogP contribution in [-0.4, -0.2) is 15.1 Å². The lowest BCUT2D eigenvalue weighted by molar-refractivity contribution is -0.385. The molecule has 0 atom stereocenters. The molecule has 1 heterocycles. The Hall–Kier alpha value is -1.95. The van der Waals surface area contributed by atoms with Gasteiger partial charge < -0.3 is 4.52 Å². The summed E-state index contributed by atoms with van der Waals surface area (Å²) in [4.78, 5) is 14.3. The molecule has 0 spiro atoms. The lowest BCUT2D eigenvalue weighted by Crippen LogP contribution is -1.91. The molecule has 1 aromatic carbocycles. The number of alkyl halides is 1. The fourth-order valence-corrected chi connectivity index (χ4v) is 1.53. The zero-order valence-electron chi connectivity index (χ0n) is 8.88. The summed E-state index contributed by atoms with van der Waals surface area (Å²) in [5.74, 6) is 0.853. The van der Waals surface area contributed by atoms with E-state index in [0.717, 1.165) is 0 Å². The summed E-state index contributed by atoms with van der Waals surface area (Å²) in [5.41, 5.74) is 1.24. The molecule has 0 amide bonds. The third kappa shape index (κ3) is 2.26. The number of nitrogens with zero attached hydrogens (tertiary/aromatic N) is 3. The Bertz CT molecular complexity index is 568. The normalized spacial score (nSPS) is 10.5. The highest BCUT2D eigenvalue weighted by atomic mass is 35.5. The van der Waals surface area contributed by atoms with E-state index in [2.05, 4.69) is 10.1 Å². The van der Waals surface area contributed by atoms with Gasteiger partial charge in [0.15, 0.2) is 5.82 Å². The lowest BCUT2D eigenvalue weighted by atomic mass is 10.1. The van der Waals surface area contributed by atoms with Crippen LogP contribution in [0.2, 0.25) is 0 Å². The first-order valence-electron chi connectivity index (χ1n) is 4.76. The molecule has 6 nitrogen and oxygen atoms in total. The second kappa shape index (κ2) is 4.50. The van der Waals surface area contributed by atoms with Gasteiger partial charge in [0, 0.05) is 17.2 Å². The van der Waals surface area contributed by atoms with Gasteiger partial charge in [0.2, 0.25) is 0 Å². The second-order valence-corrected chi connectivity index (χ2v) is 3.68. The van der Waals surface area contributed by atoms with Crippen molar-refractivity contribution in [3.8, 4) is 11.5 Å². The van der Waals surface area contributed by atoms with Gasteiger partial charge in [0.1, 0.15) is 0 Å². The molecule has 0 bridgehead atoms. The molecule has 0 saturated heterocycles. The van der Waals surface area contributed by atoms with Gasteiger partial charge in [0.25, 0.3) is 11.6 Å². The summed E-state index contributed by atoms with van der Waals surface area (Å²) in [6.07, 6.45) is 0. The van der Waals surface area contributed by atoms with E-state index in [1.54, 1.807) is 19.1 Å². The number of nitro groups is 1. The molecule has 0 unspecified atom stereocenters. The van der Waals surface area contributed by atoms with Gasteiger partial charge in [-0.25, -0.2) is 0 Å². The summed E-state index contributed by atoms with van der Waals surface area (Å²) in [6.45, 7) is 1.65. The highest BCUT2D eigenvalue weighted by Gasteiger charge is 2.14. The Balaban J connectivity index is 2.40. The Morgan fingerprint density at radius 3 is 2.82 bits per heavy atom. The third-order valence-corrected chi connectivity index (χ3v) is 2.47. The van der Waals surface area contributed by atoms with Crippen LogP contribution in [0.1, 0.15) is 11.4 Å². The van der Waals surface area contributed by atoms with Gasteiger partial charge in [-0.15, -0.1) is 11.6 Å². The Kier molecular flexibility index (Phi) is 3.06. The van der Waals surface area contributed by atoms with Crippen molar-refractivity contribution in [2.75, 3.05) is 0 Å². The van der Waals surface area contributed by atoms with Crippen molar-refractivity contribution in [3.63, 3.8) is 0 Å². The van der Waals surface area contributed by atoms with Crippen molar-refractivity contribution in [1.29, 1.82) is 0 Å². The van der Waals surface area contributed by atoms with Crippen molar-refractivity contribution >= 4 is 17.3 Å². The minimum absolute atomic E-state index is 0.0610. The van der Waals surface area contributed by atoms with E-state index < -0.39 is 4.92 Å². The van der Waals surface area contributed by atoms with Crippen LogP contribution < -0.4 is 0 Å². The van der Waals surface area contributed by atoms with Crippen molar-refractivity contribution in [1.82, 2.24) is 10.1 Å². The van der Waals surface area contributed by atoms with Crippen molar-refractivity contribution in [2.24, 2.45) is 0 Å². The summed E-state index contributed by atoms with van der Waals surface area (Å²) >= 11 is 5.55. The molecule has 2 aromatic rings. The predicted octanol–water partition coefficient (Wildman–Crippen LogP) is 2.69. The van der Waals surface area contributed by atoms with Crippen LogP contribution in [-0.2, 0) is 5.88 Å². The van der Waals surface area contributed by atoms with Crippen molar-refractivity contribution < 1.29 is 9.45 Å². The number of rotatable bonds is 3. The van der Waals surface area contributed by atoms with Gasteiger partial charge in [-0.3, -0.25) is 10.1 Å². The second-order valence-electron chi connectivity index (χ2n) is 3.41. The fourth-order valence-electron chi connectivity index (χ4n) is 1.42. The summed E-state index contributed by atoms with van der Waals surface area (Å²) in [5, 5.41) is 14.3. The molecule has 1 aromatic heterocycles. The molecule has 7 heteroatoms. The molecule has 0 saturated carbocycles. The quantitative estimate of drug-likeness (QED) is 0.477. The number of hydrogen-bond acceptors (Lipinski definition) is 5.